The third-order valence-electron chi connectivity index (χ3n) is 6.52. The third-order valence-corrected chi connectivity index (χ3v) is 6.52. The number of aliphatic hydroxyl groups excluding tert-OH is 1. The van der Waals surface area contributed by atoms with Crippen LogP contribution < -0.4 is 0 Å². The minimum Gasteiger partial charge on any atom is -0.481 e. The minimum atomic E-state index is -0.788. The maximum Gasteiger partial charge on any atom is 0.309 e. The van der Waals surface area contributed by atoms with Gasteiger partial charge in [0.15, 0.2) is 0 Å². The summed E-state index contributed by atoms with van der Waals surface area (Å²) in [6.07, 6.45) is -0.756. The zero-order chi connectivity index (χ0) is 23.1. The Balaban J connectivity index is 1.38. The van der Waals surface area contributed by atoms with E-state index in [0.717, 1.165) is 22.1 Å². The van der Waals surface area contributed by atoms with Gasteiger partial charge in [-0.15, -0.1) is 0 Å². The predicted molar refractivity (Wildman–Crippen MR) is 123 cm³/mol. The van der Waals surface area contributed by atoms with E-state index in [2.05, 4.69) is 0 Å². The molecular weight excluding hydrogens is 421 g/mol. The number of aliphatic hydroxyl groups is 1. The van der Waals surface area contributed by atoms with E-state index in [4.69, 9.17) is 9.52 Å². The molecule has 33 heavy (non-hydrogen) atoms. The van der Waals surface area contributed by atoms with Gasteiger partial charge in [-0.3, -0.25) is 9.69 Å². The van der Waals surface area contributed by atoms with Crippen LogP contribution in [0.5, 0.6) is 0 Å². The molecule has 5 nitrogen and oxygen atoms in total. The van der Waals surface area contributed by atoms with Crippen molar-refractivity contribution in [2.75, 3.05) is 13.1 Å². The van der Waals surface area contributed by atoms with Crippen LogP contribution in [0.4, 0.5) is 4.39 Å². The fraction of sp³-hybridized carbons (Fsp3) is 0.222. The first-order valence-electron chi connectivity index (χ1n) is 10.9. The van der Waals surface area contributed by atoms with Crippen LogP contribution in [-0.2, 0) is 4.79 Å². The van der Waals surface area contributed by atoms with Gasteiger partial charge >= 0.3 is 5.97 Å². The van der Waals surface area contributed by atoms with Crippen LogP contribution in [-0.4, -0.2) is 34.2 Å². The van der Waals surface area contributed by atoms with E-state index < -0.39 is 17.9 Å². The van der Waals surface area contributed by atoms with E-state index in [-0.39, 0.29) is 12.0 Å². The Kier molecular flexibility index (Phi) is 5.48. The highest BCUT2D eigenvalue weighted by atomic mass is 19.1. The van der Waals surface area contributed by atoms with E-state index >= 15 is 4.39 Å². The summed E-state index contributed by atoms with van der Waals surface area (Å²) in [6.45, 7) is 2.90. The molecule has 1 fully saturated rings. The number of nitrogens with zero attached hydrogens (tertiary/aromatic N) is 1. The topological polar surface area (TPSA) is 73.9 Å². The number of furan rings is 1. The van der Waals surface area contributed by atoms with E-state index in [0.29, 0.717) is 30.0 Å². The van der Waals surface area contributed by atoms with E-state index in [9.17, 15) is 9.90 Å². The van der Waals surface area contributed by atoms with Gasteiger partial charge < -0.3 is 14.6 Å². The van der Waals surface area contributed by atoms with Gasteiger partial charge in [0.1, 0.15) is 23.3 Å². The standard InChI is InChI=1S/C27H24FNO4/c1-16(29-14-21(15-29)27(31)32)18-7-9-22(23(28)12-18)25-13-20-11-19(8-10-24(20)33-25)26(30)17-5-3-2-4-6-17/h2-13,16,21,26,30H,14-15H2,1H3,(H,31,32). The van der Waals surface area contributed by atoms with Gasteiger partial charge in [0.2, 0.25) is 0 Å². The van der Waals surface area contributed by atoms with Crippen molar-refractivity contribution in [2.24, 2.45) is 5.92 Å². The van der Waals surface area contributed by atoms with Gasteiger partial charge in [0, 0.05) is 24.5 Å². The molecule has 1 saturated heterocycles. The van der Waals surface area contributed by atoms with Crippen molar-refractivity contribution in [3.05, 3.63) is 95.3 Å². The maximum atomic E-state index is 15.0. The molecule has 2 N–H and O–H groups in total. The normalized spacial score (nSPS) is 16.5. The summed E-state index contributed by atoms with van der Waals surface area (Å²) in [5, 5.41) is 20.5. The highest BCUT2D eigenvalue weighted by Gasteiger charge is 2.35. The number of carboxylic acids is 1. The van der Waals surface area contributed by atoms with Crippen molar-refractivity contribution in [1.82, 2.24) is 4.90 Å². The molecule has 0 radical (unpaired) electrons. The lowest BCUT2D eigenvalue weighted by Gasteiger charge is -2.41. The number of aliphatic carboxylic acids is 1. The molecule has 6 heteroatoms. The van der Waals surface area contributed by atoms with Gasteiger partial charge in [0.25, 0.3) is 0 Å². The first kappa shape index (κ1) is 21.4. The monoisotopic (exact) mass is 445 g/mol. The Labute approximate surface area is 190 Å². The van der Waals surface area contributed by atoms with Crippen molar-refractivity contribution in [2.45, 2.75) is 19.1 Å². The molecule has 0 spiro atoms. The Bertz CT molecular complexity index is 1310. The lowest BCUT2D eigenvalue weighted by molar-refractivity contribution is -0.148. The number of hydrogen-bond acceptors (Lipinski definition) is 4. The fourth-order valence-corrected chi connectivity index (χ4v) is 4.38. The number of likely N-dealkylation sites (tertiary alicyclic amines) is 1. The zero-order valence-corrected chi connectivity index (χ0v) is 18.1. The SMILES string of the molecule is CC(c1ccc(-c2cc3cc(C(O)c4ccccc4)ccc3o2)c(F)c1)N1CC(C(=O)O)C1. The number of halogens is 1. The van der Waals surface area contributed by atoms with Crippen molar-refractivity contribution < 1.29 is 23.8 Å². The first-order valence-corrected chi connectivity index (χ1v) is 10.9. The zero-order valence-electron chi connectivity index (χ0n) is 18.1. The highest BCUT2D eigenvalue weighted by Crippen LogP contribution is 2.35. The van der Waals surface area contributed by atoms with Crippen LogP contribution >= 0.6 is 0 Å². The molecule has 1 aliphatic heterocycles. The Morgan fingerprint density at radius 3 is 2.42 bits per heavy atom. The Morgan fingerprint density at radius 1 is 1.00 bits per heavy atom. The van der Waals surface area contributed by atoms with E-state index in [1.807, 2.05) is 60.4 Å². The highest BCUT2D eigenvalue weighted by molar-refractivity contribution is 5.83. The number of hydrogen-bond donors (Lipinski definition) is 2. The van der Waals surface area contributed by atoms with E-state index in [1.54, 1.807) is 18.2 Å². The number of carbonyl (C=O) groups is 1. The van der Waals surface area contributed by atoms with Gasteiger partial charge in [-0.05, 0) is 53.9 Å². The van der Waals surface area contributed by atoms with Crippen LogP contribution in [0.3, 0.4) is 0 Å². The minimum absolute atomic E-state index is 0.0677. The van der Waals surface area contributed by atoms with Gasteiger partial charge in [0.05, 0.1) is 11.5 Å². The third kappa shape index (κ3) is 4.03. The molecule has 1 aliphatic rings. The van der Waals surface area contributed by atoms with Crippen molar-refractivity contribution >= 4 is 16.9 Å². The Hall–Kier alpha value is -3.48. The van der Waals surface area contributed by atoms with Gasteiger partial charge in [-0.1, -0.05) is 42.5 Å². The molecule has 0 aliphatic carbocycles. The van der Waals surface area contributed by atoms with Crippen LogP contribution in [0, 0.1) is 11.7 Å². The summed E-state index contributed by atoms with van der Waals surface area (Å²) in [6, 6.07) is 21.6. The first-order chi connectivity index (χ1) is 15.9. The molecule has 4 aromatic rings. The Morgan fingerprint density at radius 2 is 1.73 bits per heavy atom. The second kappa shape index (κ2) is 8.46. The molecule has 3 aromatic carbocycles. The predicted octanol–water partition coefficient (Wildman–Crippen LogP) is 5.40. The average molecular weight is 445 g/mol. The van der Waals surface area contributed by atoms with Gasteiger partial charge in [-0.25, -0.2) is 4.39 Å². The molecule has 1 aromatic heterocycles. The van der Waals surface area contributed by atoms with Crippen molar-refractivity contribution in [3.63, 3.8) is 0 Å². The lowest BCUT2D eigenvalue weighted by Crippen LogP contribution is -2.51. The second-order valence-corrected chi connectivity index (χ2v) is 8.63. The molecule has 0 amide bonds. The van der Waals surface area contributed by atoms with E-state index in [1.165, 1.54) is 6.07 Å². The van der Waals surface area contributed by atoms with Crippen molar-refractivity contribution in [3.8, 4) is 11.3 Å². The largest absolute Gasteiger partial charge is 0.481 e. The molecule has 0 bridgehead atoms. The molecule has 2 atom stereocenters. The fourth-order valence-electron chi connectivity index (χ4n) is 4.38. The molecule has 168 valence electrons. The van der Waals surface area contributed by atoms with Crippen LogP contribution in [0.1, 0.15) is 35.8 Å². The molecule has 0 saturated carbocycles. The summed E-state index contributed by atoms with van der Waals surface area (Å²) >= 11 is 0. The summed E-state index contributed by atoms with van der Waals surface area (Å²) in [7, 11) is 0. The quantitative estimate of drug-likeness (QED) is 0.416. The number of benzene rings is 3. The maximum absolute atomic E-state index is 15.0. The van der Waals surface area contributed by atoms with Gasteiger partial charge in [-0.2, -0.15) is 0 Å². The number of carboxylic acid groups (broad SMARTS) is 1. The second-order valence-electron chi connectivity index (χ2n) is 8.63. The molecular formula is C27H24FNO4. The van der Waals surface area contributed by atoms with Crippen LogP contribution in [0.25, 0.3) is 22.3 Å². The average Bonchev–Trinajstić information content (AvgIpc) is 3.20. The summed E-state index contributed by atoms with van der Waals surface area (Å²) < 4.78 is 20.9. The molecule has 2 unspecified atom stereocenters. The van der Waals surface area contributed by atoms with Crippen LogP contribution in [0.2, 0.25) is 0 Å². The summed E-state index contributed by atoms with van der Waals surface area (Å²) in [4.78, 5) is 13.1. The summed E-state index contributed by atoms with van der Waals surface area (Å²) in [5.41, 5.74) is 3.31. The smallest absolute Gasteiger partial charge is 0.309 e. The summed E-state index contributed by atoms with van der Waals surface area (Å²) in [5.74, 6) is -1.11. The van der Waals surface area contributed by atoms with Crippen molar-refractivity contribution in [1.29, 1.82) is 0 Å². The lowest BCUT2D eigenvalue weighted by atomic mass is 9.94. The molecule has 2 heterocycles. The number of rotatable bonds is 6. The van der Waals surface area contributed by atoms with Crippen LogP contribution in [0.15, 0.2) is 77.2 Å². The number of fused-ring (bicyclic) bond motifs is 1. The molecule has 5 rings (SSSR count).